The molecule has 1 aliphatic rings. The Balaban J connectivity index is 1.68. The topological polar surface area (TPSA) is 52.9 Å². The number of hydrogen-bond acceptors (Lipinski definition) is 2. The lowest BCUT2D eigenvalue weighted by Crippen LogP contribution is -2.14. The molecule has 2 aromatic rings. The Morgan fingerprint density at radius 2 is 2.14 bits per heavy atom. The molecule has 0 aromatic heterocycles. The predicted octanol–water partition coefficient (Wildman–Crippen LogP) is 4.20. The van der Waals surface area contributed by atoms with Crippen LogP contribution in [-0.4, -0.2) is 5.91 Å². The number of amides is 1. The van der Waals surface area contributed by atoms with Gasteiger partial charge in [0, 0.05) is 16.1 Å². The summed E-state index contributed by atoms with van der Waals surface area (Å²) >= 11 is 3.42. The van der Waals surface area contributed by atoms with Crippen LogP contribution in [0.2, 0.25) is 0 Å². The van der Waals surface area contributed by atoms with Crippen molar-refractivity contribution < 1.29 is 9.18 Å². The summed E-state index contributed by atoms with van der Waals surface area (Å²) in [6, 6.07) is 13.7. The second-order valence-electron chi connectivity index (χ2n) is 5.30. The quantitative estimate of drug-likeness (QED) is 0.893. The lowest BCUT2D eigenvalue weighted by molar-refractivity contribution is -0.117. The zero-order valence-corrected chi connectivity index (χ0v) is 13.1. The van der Waals surface area contributed by atoms with Gasteiger partial charge in [0.25, 0.3) is 0 Å². The first-order valence-electron chi connectivity index (χ1n) is 6.84. The number of nitrogens with one attached hydrogen (secondary N) is 1. The van der Waals surface area contributed by atoms with Crippen molar-refractivity contribution >= 4 is 27.5 Å². The van der Waals surface area contributed by atoms with Gasteiger partial charge in [-0.25, -0.2) is 4.39 Å². The third-order valence-electron chi connectivity index (χ3n) is 3.76. The fraction of sp³-hybridized carbons (Fsp3) is 0.176. The van der Waals surface area contributed by atoms with Crippen molar-refractivity contribution in [2.75, 3.05) is 5.32 Å². The molecule has 1 fully saturated rings. The van der Waals surface area contributed by atoms with Crippen LogP contribution in [0.15, 0.2) is 46.9 Å². The van der Waals surface area contributed by atoms with E-state index in [2.05, 4.69) is 21.2 Å². The summed E-state index contributed by atoms with van der Waals surface area (Å²) in [5.74, 6) is -0.544. The molecule has 1 amide bonds. The maximum absolute atomic E-state index is 13.3. The number of anilines is 1. The largest absolute Gasteiger partial charge is 0.326 e. The van der Waals surface area contributed by atoms with E-state index in [1.807, 2.05) is 24.3 Å². The first kappa shape index (κ1) is 14.7. The molecule has 2 atom stereocenters. The normalized spacial score (nSPS) is 19.3. The lowest BCUT2D eigenvalue weighted by atomic mass is 10.1. The molecular weight excluding hydrogens is 347 g/mol. The van der Waals surface area contributed by atoms with E-state index in [-0.39, 0.29) is 23.3 Å². The molecule has 0 radical (unpaired) electrons. The molecule has 1 aliphatic carbocycles. The monoisotopic (exact) mass is 358 g/mol. The molecule has 3 rings (SSSR count). The number of nitriles is 1. The Bertz CT molecular complexity index is 784. The Hall–Kier alpha value is -2.19. The van der Waals surface area contributed by atoms with Gasteiger partial charge in [-0.2, -0.15) is 5.26 Å². The molecule has 22 heavy (non-hydrogen) atoms. The van der Waals surface area contributed by atoms with E-state index in [0.717, 1.165) is 16.5 Å². The number of rotatable bonds is 3. The molecule has 3 nitrogen and oxygen atoms in total. The Labute approximate surface area is 135 Å². The van der Waals surface area contributed by atoms with Crippen molar-refractivity contribution in [3.8, 4) is 6.07 Å². The van der Waals surface area contributed by atoms with Crippen molar-refractivity contribution in [2.45, 2.75) is 12.3 Å². The van der Waals surface area contributed by atoms with Crippen LogP contribution in [0.3, 0.4) is 0 Å². The minimum atomic E-state index is -0.584. The maximum Gasteiger partial charge on any atom is 0.228 e. The van der Waals surface area contributed by atoms with E-state index in [1.54, 1.807) is 6.07 Å². The van der Waals surface area contributed by atoms with E-state index in [9.17, 15) is 9.18 Å². The third kappa shape index (κ3) is 3.02. The zero-order valence-electron chi connectivity index (χ0n) is 11.5. The summed E-state index contributed by atoms with van der Waals surface area (Å²) in [5, 5.41) is 11.6. The summed E-state index contributed by atoms with van der Waals surface area (Å²) in [6.45, 7) is 0. The molecule has 0 heterocycles. The standard InChI is InChI=1S/C17H12BrFN2O/c18-12-3-1-2-10(6-12)14-8-15(14)17(22)21-13-4-5-16(19)11(7-13)9-20/h1-7,14-15H,8H2,(H,21,22). The summed E-state index contributed by atoms with van der Waals surface area (Å²) in [7, 11) is 0. The SMILES string of the molecule is N#Cc1cc(NC(=O)C2CC2c2cccc(Br)c2)ccc1F. The summed E-state index contributed by atoms with van der Waals surface area (Å²) in [5.41, 5.74) is 1.51. The van der Waals surface area contributed by atoms with Crippen LogP contribution in [0, 0.1) is 23.1 Å². The third-order valence-corrected chi connectivity index (χ3v) is 4.25. The highest BCUT2D eigenvalue weighted by atomic mass is 79.9. The number of hydrogen-bond donors (Lipinski definition) is 1. The molecular formula is C17H12BrFN2O. The summed E-state index contributed by atoms with van der Waals surface area (Å²) in [6.07, 6.45) is 0.800. The molecule has 2 aromatic carbocycles. The van der Waals surface area contributed by atoms with Gasteiger partial charge in [-0.05, 0) is 48.2 Å². The van der Waals surface area contributed by atoms with Crippen LogP contribution < -0.4 is 5.32 Å². The first-order valence-corrected chi connectivity index (χ1v) is 7.64. The van der Waals surface area contributed by atoms with E-state index in [4.69, 9.17) is 5.26 Å². The van der Waals surface area contributed by atoms with Crippen molar-refractivity contribution in [1.82, 2.24) is 0 Å². The number of carbonyl (C=O) groups is 1. The van der Waals surface area contributed by atoms with Gasteiger partial charge in [-0.1, -0.05) is 28.1 Å². The van der Waals surface area contributed by atoms with Crippen LogP contribution >= 0.6 is 15.9 Å². The fourth-order valence-electron chi connectivity index (χ4n) is 2.51. The van der Waals surface area contributed by atoms with Gasteiger partial charge < -0.3 is 5.32 Å². The second-order valence-corrected chi connectivity index (χ2v) is 6.22. The minimum absolute atomic E-state index is 0.0721. The van der Waals surface area contributed by atoms with E-state index in [0.29, 0.717) is 5.69 Å². The highest BCUT2D eigenvalue weighted by Crippen LogP contribution is 2.48. The highest BCUT2D eigenvalue weighted by molar-refractivity contribution is 9.10. The van der Waals surface area contributed by atoms with Crippen molar-refractivity contribution in [3.63, 3.8) is 0 Å². The highest BCUT2D eigenvalue weighted by Gasteiger charge is 2.43. The zero-order chi connectivity index (χ0) is 15.7. The number of nitrogens with zero attached hydrogens (tertiary/aromatic N) is 1. The van der Waals surface area contributed by atoms with Gasteiger partial charge in [0.2, 0.25) is 5.91 Å². The molecule has 0 spiro atoms. The molecule has 0 aliphatic heterocycles. The average molecular weight is 359 g/mol. The summed E-state index contributed by atoms with van der Waals surface area (Å²) < 4.78 is 14.3. The smallest absolute Gasteiger partial charge is 0.228 e. The van der Waals surface area contributed by atoms with E-state index >= 15 is 0 Å². The second kappa shape index (κ2) is 5.90. The molecule has 0 saturated heterocycles. The van der Waals surface area contributed by atoms with Crippen molar-refractivity contribution in [2.24, 2.45) is 5.92 Å². The Kier molecular flexibility index (Phi) is 3.95. The van der Waals surface area contributed by atoms with Gasteiger partial charge in [0.15, 0.2) is 0 Å². The van der Waals surface area contributed by atoms with Crippen molar-refractivity contribution in [3.05, 3.63) is 63.9 Å². The van der Waals surface area contributed by atoms with Crippen LogP contribution in [0.5, 0.6) is 0 Å². The molecule has 110 valence electrons. The maximum atomic E-state index is 13.3. The van der Waals surface area contributed by atoms with Gasteiger partial charge in [-0.3, -0.25) is 4.79 Å². The van der Waals surface area contributed by atoms with Crippen LogP contribution in [0.4, 0.5) is 10.1 Å². The van der Waals surface area contributed by atoms with Crippen LogP contribution in [-0.2, 0) is 4.79 Å². The molecule has 1 saturated carbocycles. The minimum Gasteiger partial charge on any atom is -0.326 e. The van der Waals surface area contributed by atoms with Gasteiger partial charge in [-0.15, -0.1) is 0 Å². The summed E-state index contributed by atoms with van der Waals surface area (Å²) in [4.78, 5) is 12.2. The molecule has 1 N–H and O–H groups in total. The van der Waals surface area contributed by atoms with Crippen LogP contribution in [0.1, 0.15) is 23.5 Å². The molecule has 5 heteroatoms. The van der Waals surface area contributed by atoms with Gasteiger partial charge in [0.1, 0.15) is 11.9 Å². The number of carbonyl (C=O) groups excluding carboxylic acids is 1. The molecule has 2 unspecified atom stereocenters. The predicted molar refractivity (Wildman–Crippen MR) is 84.7 cm³/mol. The first-order chi connectivity index (χ1) is 10.6. The Morgan fingerprint density at radius 1 is 1.32 bits per heavy atom. The van der Waals surface area contributed by atoms with Crippen molar-refractivity contribution in [1.29, 1.82) is 5.26 Å². The van der Waals surface area contributed by atoms with E-state index in [1.165, 1.54) is 18.2 Å². The average Bonchev–Trinajstić information content (AvgIpc) is 3.30. The number of halogens is 2. The van der Waals surface area contributed by atoms with E-state index < -0.39 is 5.82 Å². The van der Waals surface area contributed by atoms with Gasteiger partial charge >= 0.3 is 0 Å². The lowest BCUT2D eigenvalue weighted by Gasteiger charge is -2.06. The fourth-order valence-corrected chi connectivity index (χ4v) is 2.93. The number of benzene rings is 2. The van der Waals surface area contributed by atoms with Gasteiger partial charge in [0.05, 0.1) is 5.56 Å². The van der Waals surface area contributed by atoms with Crippen LogP contribution in [0.25, 0.3) is 0 Å². The molecule has 0 bridgehead atoms. The Morgan fingerprint density at radius 3 is 2.86 bits per heavy atom.